The minimum atomic E-state index is -0.515. The Hall–Kier alpha value is -2.21. The molecule has 0 aliphatic carbocycles. The predicted molar refractivity (Wildman–Crippen MR) is 77.6 cm³/mol. The van der Waals surface area contributed by atoms with Crippen molar-refractivity contribution in [3.8, 4) is 0 Å². The summed E-state index contributed by atoms with van der Waals surface area (Å²) in [6.07, 6.45) is 0. The topological polar surface area (TPSA) is 81.0 Å². The molecule has 1 N–H and O–H groups in total. The molecular formula is C13H13ClN4O2. The van der Waals surface area contributed by atoms with Crippen LogP contribution < -0.4 is 5.32 Å². The first kappa shape index (κ1) is 14.2. The third-order valence-electron chi connectivity index (χ3n) is 3.07. The number of aryl methyl sites for hydroxylation is 2. The molecule has 2 rings (SSSR count). The lowest BCUT2D eigenvalue weighted by Crippen LogP contribution is -2.05. The molecule has 0 atom stereocenters. The fourth-order valence-corrected chi connectivity index (χ4v) is 2.06. The summed E-state index contributed by atoms with van der Waals surface area (Å²) in [5.74, 6) is 0.0983. The van der Waals surface area contributed by atoms with Gasteiger partial charge in [-0.1, -0.05) is 12.1 Å². The molecule has 0 radical (unpaired) electrons. The molecule has 6 nitrogen and oxygen atoms in total. The van der Waals surface area contributed by atoms with Crippen molar-refractivity contribution in [2.45, 2.75) is 20.8 Å². The summed E-state index contributed by atoms with van der Waals surface area (Å²) in [5.41, 5.74) is 2.88. The summed E-state index contributed by atoms with van der Waals surface area (Å²) >= 11 is 5.78. The van der Waals surface area contributed by atoms with Crippen LogP contribution in [0.2, 0.25) is 5.28 Å². The summed E-state index contributed by atoms with van der Waals surface area (Å²) in [5, 5.41) is 14.1. The second-order valence-electron chi connectivity index (χ2n) is 4.40. The van der Waals surface area contributed by atoms with E-state index in [0.29, 0.717) is 0 Å². The van der Waals surface area contributed by atoms with Crippen molar-refractivity contribution in [2.75, 3.05) is 5.32 Å². The Morgan fingerprint density at radius 1 is 1.25 bits per heavy atom. The number of benzene rings is 1. The molecule has 7 heteroatoms. The van der Waals surface area contributed by atoms with Gasteiger partial charge in [-0.2, -0.15) is 4.98 Å². The van der Waals surface area contributed by atoms with Gasteiger partial charge in [-0.25, -0.2) is 4.98 Å². The van der Waals surface area contributed by atoms with E-state index in [9.17, 15) is 10.1 Å². The van der Waals surface area contributed by atoms with E-state index in [-0.39, 0.29) is 22.5 Å². The van der Waals surface area contributed by atoms with Crippen molar-refractivity contribution in [3.63, 3.8) is 0 Å². The highest BCUT2D eigenvalue weighted by molar-refractivity contribution is 6.28. The van der Waals surface area contributed by atoms with Crippen LogP contribution >= 0.6 is 11.6 Å². The average molecular weight is 293 g/mol. The lowest BCUT2D eigenvalue weighted by Gasteiger charge is -2.11. The van der Waals surface area contributed by atoms with Crippen LogP contribution in [0, 0.1) is 30.9 Å². The summed E-state index contributed by atoms with van der Waals surface area (Å²) in [6, 6.07) is 5.66. The molecule has 0 saturated heterocycles. The van der Waals surface area contributed by atoms with Gasteiger partial charge >= 0.3 is 5.69 Å². The van der Waals surface area contributed by atoms with Gasteiger partial charge in [0.15, 0.2) is 0 Å². The van der Waals surface area contributed by atoms with E-state index >= 15 is 0 Å². The number of aromatic nitrogens is 2. The Kier molecular flexibility index (Phi) is 3.85. The van der Waals surface area contributed by atoms with Gasteiger partial charge in [0.2, 0.25) is 11.1 Å². The van der Waals surface area contributed by atoms with Crippen LogP contribution in [0.3, 0.4) is 0 Å². The molecular weight excluding hydrogens is 280 g/mol. The third kappa shape index (κ3) is 2.70. The van der Waals surface area contributed by atoms with Crippen molar-refractivity contribution in [1.82, 2.24) is 9.97 Å². The highest BCUT2D eigenvalue weighted by Gasteiger charge is 2.22. The van der Waals surface area contributed by atoms with Gasteiger partial charge in [-0.3, -0.25) is 10.1 Å². The molecule has 1 aromatic carbocycles. The molecule has 0 saturated carbocycles. The van der Waals surface area contributed by atoms with Gasteiger partial charge in [0, 0.05) is 5.69 Å². The normalized spacial score (nSPS) is 10.4. The number of rotatable bonds is 3. The van der Waals surface area contributed by atoms with Gasteiger partial charge in [-0.15, -0.1) is 0 Å². The molecule has 0 fully saturated rings. The first-order valence-corrected chi connectivity index (χ1v) is 6.29. The number of hydrogen-bond acceptors (Lipinski definition) is 5. The van der Waals surface area contributed by atoms with Gasteiger partial charge < -0.3 is 5.32 Å². The quantitative estimate of drug-likeness (QED) is 0.530. The van der Waals surface area contributed by atoms with Crippen molar-refractivity contribution in [1.29, 1.82) is 0 Å². The Balaban J connectivity index is 2.53. The predicted octanol–water partition coefficient (Wildman–Crippen LogP) is 3.71. The number of nitro groups is 1. The maximum Gasteiger partial charge on any atom is 0.332 e. The molecule has 0 bridgehead atoms. The SMILES string of the molecule is Cc1cccc(Nc2nc(Cl)nc(C)c2[N+](=O)[O-])c1C. The lowest BCUT2D eigenvalue weighted by atomic mass is 10.1. The average Bonchev–Trinajstić information content (AvgIpc) is 2.33. The molecule has 2 aromatic rings. The highest BCUT2D eigenvalue weighted by atomic mass is 35.5. The van der Waals surface area contributed by atoms with Gasteiger partial charge in [0.25, 0.3) is 0 Å². The minimum absolute atomic E-state index is 0.0269. The van der Waals surface area contributed by atoms with Crippen LogP contribution in [0.1, 0.15) is 16.8 Å². The molecule has 1 heterocycles. The van der Waals surface area contributed by atoms with Gasteiger partial charge in [-0.05, 0) is 49.6 Å². The number of hydrogen-bond donors (Lipinski definition) is 1. The molecule has 0 unspecified atom stereocenters. The van der Waals surface area contributed by atoms with Crippen molar-refractivity contribution in [2.24, 2.45) is 0 Å². The highest BCUT2D eigenvalue weighted by Crippen LogP contribution is 2.30. The Morgan fingerprint density at radius 2 is 1.95 bits per heavy atom. The van der Waals surface area contributed by atoms with E-state index in [2.05, 4.69) is 15.3 Å². The summed E-state index contributed by atoms with van der Waals surface area (Å²) < 4.78 is 0. The monoisotopic (exact) mass is 292 g/mol. The van der Waals surface area contributed by atoms with E-state index in [1.54, 1.807) is 0 Å². The van der Waals surface area contributed by atoms with Crippen LogP contribution in [0.4, 0.5) is 17.2 Å². The first-order chi connectivity index (χ1) is 9.40. The van der Waals surface area contributed by atoms with Crippen LogP contribution in [0.5, 0.6) is 0 Å². The van der Waals surface area contributed by atoms with Crippen molar-refractivity contribution >= 4 is 28.8 Å². The van der Waals surface area contributed by atoms with Crippen molar-refractivity contribution in [3.05, 3.63) is 50.4 Å². The first-order valence-electron chi connectivity index (χ1n) is 5.92. The van der Waals surface area contributed by atoms with Crippen LogP contribution in [-0.4, -0.2) is 14.9 Å². The summed E-state index contributed by atoms with van der Waals surface area (Å²) in [6.45, 7) is 5.42. The van der Waals surface area contributed by atoms with Crippen LogP contribution in [0.25, 0.3) is 0 Å². The largest absolute Gasteiger partial charge is 0.334 e. The second kappa shape index (κ2) is 5.42. The van der Waals surface area contributed by atoms with Gasteiger partial charge in [0.05, 0.1) is 4.92 Å². The standard InChI is InChI=1S/C13H13ClN4O2/c1-7-5-4-6-10(8(7)2)16-12-11(18(19)20)9(3)15-13(14)17-12/h4-6H,1-3H3,(H,15,16,17). The van der Waals surface area contributed by atoms with Crippen LogP contribution in [0.15, 0.2) is 18.2 Å². The van der Waals surface area contributed by atoms with E-state index in [1.165, 1.54) is 6.92 Å². The lowest BCUT2D eigenvalue weighted by molar-refractivity contribution is -0.385. The van der Waals surface area contributed by atoms with Crippen LogP contribution in [-0.2, 0) is 0 Å². The Morgan fingerprint density at radius 3 is 2.60 bits per heavy atom. The van der Waals surface area contributed by atoms with E-state index in [1.807, 2.05) is 32.0 Å². The fraction of sp³-hybridized carbons (Fsp3) is 0.231. The van der Waals surface area contributed by atoms with E-state index in [4.69, 9.17) is 11.6 Å². The molecule has 20 heavy (non-hydrogen) atoms. The number of halogens is 1. The number of nitrogens with zero attached hydrogens (tertiary/aromatic N) is 3. The maximum absolute atomic E-state index is 11.1. The molecule has 1 aromatic heterocycles. The van der Waals surface area contributed by atoms with E-state index in [0.717, 1.165) is 16.8 Å². The molecule has 0 aliphatic rings. The Labute approximate surface area is 121 Å². The maximum atomic E-state index is 11.1. The summed E-state index contributed by atoms with van der Waals surface area (Å²) in [7, 11) is 0. The minimum Gasteiger partial charge on any atom is -0.334 e. The molecule has 0 amide bonds. The van der Waals surface area contributed by atoms with E-state index < -0.39 is 4.92 Å². The molecule has 0 aliphatic heterocycles. The zero-order valence-corrected chi connectivity index (χ0v) is 12.0. The van der Waals surface area contributed by atoms with Crippen molar-refractivity contribution < 1.29 is 4.92 Å². The summed E-state index contributed by atoms with van der Waals surface area (Å²) in [4.78, 5) is 18.4. The Bertz CT molecular complexity index is 688. The zero-order valence-electron chi connectivity index (χ0n) is 11.3. The fourth-order valence-electron chi connectivity index (χ4n) is 1.85. The molecule has 0 spiro atoms. The second-order valence-corrected chi connectivity index (χ2v) is 4.74. The van der Waals surface area contributed by atoms with Gasteiger partial charge in [0.1, 0.15) is 5.69 Å². The zero-order chi connectivity index (χ0) is 14.9. The number of anilines is 2. The molecule has 104 valence electrons. The third-order valence-corrected chi connectivity index (χ3v) is 3.24. The smallest absolute Gasteiger partial charge is 0.332 e. The number of nitrogens with one attached hydrogen (secondary N) is 1.